The maximum absolute atomic E-state index is 8.93. The van der Waals surface area contributed by atoms with Gasteiger partial charge in [0.2, 0.25) is 0 Å². The minimum absolute atomic E-state index is 0.116. The Labute approximate surface area is 121 Å². The van der Waals surface area contributed by atoms with Crippen molar-refractivity contribution < 1.29 is 9.94 Å². The van der Waals surface area contributed by atoms with Crippen LogP contribution in [0.4, 0.5) is 5.69 Å². The van der Waals surface area contributed by atoms with Crippen molar-refractivity contribution in [3.05, 3.63) is 23.8 Å². The Morgan fingerprint density at radius 3 is 2.65 bits per heavy atom. The van der Waals surface area contributed by atoms with Gasteiger partial charge in [-0.1, -0.05) is 25.4 Å². The Morgan fingerprint density at radius 1 is 1.45 bits per heavy atom. The lowest BCUT2D eigenvalue weighted by Crippen LogP contribution is -2.30. The molecule has 20 heavy (non-hydrogen) atoms. The highest BCUT2D eigenvalue weighted by molar-refractivity contribution is 6.02. The van der Waals surface area contributed by atoms with Crippen LogP contribution in [0.3, 0.4) is 0 Å². The van der Waals surface area contributed by atoms with E-state index in [-0.39, 0.29) is 5.84 Å². The van der Waals surface area contributed by atoms with Crippen LogP contribution in [-0.4, -0.2) is 31.2 Å². The smallest absolute Gasteiger partial charge is 0.172 e. The van der Waals surface area contributed by atoms with Gasteiger partial charge in [-0.3, -0.25) is 0 Å². The summed E-state index contributed by atoms with van der Waals surface area (Å²) < 4.78 is 5.28. The Bertz CT molecular complexity index is 460. The highest BCUT2D eigenvalue weighted by Gasteiger charge is 2.16. The van der Waals surface area contributed by atoms with Crippen molar-refractivity contribution >= 4 is 11.5 Å². The first-order valence-corrected chi connectivity index (χ1v) is 6.98. The van der Waals surface area contributed by atoms with Gasteiger partial charge in [0, 0.05) is 24.7 Å². The van der Waals surface area contributed by atoms with Gasteiger partial charge in [-0.2, -0.15) is 0 Å². The molecule has 112 valence electrons. The summed E-state index contributed by atoms with van der Waals surface area (Å²) in [4.78, 5) is 2.23. The maximum atomic E-state index is 8.93. The van der Waals surface area contributed by atoms with Crippen molar-refractivity contribution in [3.63, 3.8) is 0 Å². The van der Waals surface area contributed by atoms with Crippen LogP contribution >= 0.6 is 0 Å². The lowest BCUT2D eigenvalue weighted by Gasteiger charge is -2.28. The molecule has 3 N–H and O–H groups in total. The van der Waals surface area contributed by atoms with E-state index in [1.54, 1.807) is 7.11 Å². The third-order valence-corrected chi connectivity index (χ3v) is 3.54. The topological polar surface area (TPSA) is 71.1 Å². The number of nitrogens with zero attached hydrogens (tertiary/aromatic N) is 2. The molecule has 0 bridgehead atoms. The number of anilines is 1. The third-order valence-electron chi connectivity index (χ3n) is 3.54. The molecule has 0 saturated heterocycles. The molecule has 5 nitrogen and oxygen atoms in total. The molecule has 0 radical (unpaired) electrons. The van der Waals surface area contributed by atoms with E-state index < -0.39 is 0 Å². The van der Waals surface area contributed by atoms with Crippen molar-refractivity contribution in [2.24, 2.45) is 16.8 Å². The van der Waals surface area contributed by atoms with Gasteiger partial charge in [-0.25, -0.2) is 0 Å². The predicted molar refractivity (Wildman–Crippen MR) is 82.8 cm³/mol. The molecule has 0 aliphatic carbocycles. The van der Waals surface area contributed by atoms with Gasteiger partial charge in [0.1, 0.15) is 5.75 Å². The second-order valence-corrected chi connectivity index (χ2v) is 4.92. The molecule has 0 fully saturated rings. The zero-order valence-corrected chi connectivity index (χ0v) is 12.8. The standard InChI is InChI=1S/C15H25N3O2/c1-5-11(3)10-18(6-2)14-9-12(20-4)7-8-13(14)15(16)17-19/h7-9,11,19H,5-6,10H2,1-4H3,(H2,16,17). The molecule has 0 spiro atoms. The zero-order valence-electron chi connectivity index (χ0n) is 12.8. The van der Waals surface area contributed by atoms with E-state index in [0.29, 0.717) is 5.92 Å². The van der Waals surface area contributed by atoms with Gasteiger partial charge in [-0.15, -0.1) is 0 Å². The molecule has 0 amide bonds. The highest BCUT2D eigenvalue weighted by atomic mass is 16.5. The fraction of sp³-hybridized carbons (Fsp3) is 0.533. The molecule has 0 aliphatic rings. The number of amidine groups is 1. The largest absolute Gasteiger partial charge is 0.497 e. The van der Waals surface area contributed by atoms with E-state index in [0.717, 1.165) is 36.5 Å². The minimum Gasteiger partial charge on any atom is -0.497 e. The number of hydrogen-bond donors (Lipinski definition) is 2. The molecule has 1 aromatic rings. The number of oxime groups is 1. The number of rotatable bonds is 7. The van der Waals surface area contributed by atoms with Crippen LogP contribution in [0.5, 0.6) is 5.75 Å². The van der Waals surface area contributed by atoms with E-state index in [9.17, 15) is 0 Å². The first-order chi connectivity index (χ1) is 9.57. The second kappa shape index (κ2) is 7.62. The summed E-state index contributed by atoms with van der Waals surface area (Å²) in [5.74, 6) is 1.45. The SMILES string of the molecule is CCC(C)CN(CC)c1cc(OC)ccc1/C(N)=N/O. The fourth-order valence-electron chi connectivity index (χ4n) is 2.07. The van der Waals surface area contributed by atoms with Crippen molar-refractivity contribution in [1.29, 1.82) is 0 Å². The minimum atomic E-state index is 0.116. The van der Waals surface area contributed by atoms with Gasteiger partial charge in [0.25, 0.3) is 0 Å². The summed E-state index contributed by atoms with van der Waals surface area (Å²) in [6, 6.07) is 5.57. The first kappa shape index (κ1) is 16.1. The molecule has 1 rings (SSSR count). The molecule has 1 unspecified atom stereocenters. The van der Waals surface area contributed by atoms with E-state index >= 15 is 0 Å². The summed E-state index contributed by atoms with van der Waals surface area (Å²) in [6.07, 6.45) is 1.11. The van der Waals surface area contributed by atoms with Gasteiger partial charge >= 0.3 is 0 Å². The first-order valence-electron chi connectivity index (χ1n) is 6.98. The number of hydrogen-bond acceptors (Lipinski definition) is 4. The van der Waals surface area contributed by atoms with E-state index in [1.807, 2.05) is 18.2 Å². The summed E-state index contributed by atoms with van der Waals surface area (Å²) >= 11 is 0. The van der Waals surface area contributed by atoms with Crippen molar-refractivity contribution in [2.75, 3.05) is 25.1 Å². The van der Waals surface area contributed by atoms with Crippen LogP contribution in [0.1, 0.15) is 32.8 Å². The molecule has 0 aromatic heterocycles. The molecular weight excluding hydrogens is 254 g/mol. The summed E-state index contributed by atoms with van der Waals surface area (Å²) in [5.41, 5.74) is 7.43. The summed E-state index contributed by atoms with van der Waals surface area (Å²) in [7, 11) is 1.63. The molecule has 0 aliphatic heterocycles. The monoisotopic (exact) mass is 279 g/mol. The maximum Gasteiger partial charge on any atom is 0.172 e. The number of methoxy groups -OCH3 is 1. The van der Waals surface area contributed by atoms with Crippen LogP contribution in [0.2, 0.25) is 0 Å². The van der Waals surface area contributed by atoms with Crippen molar-refractivity contribution in [2.45, 2.75) is 27.2 Å². The molecule has 1 aromatic carbocycles. The summed E-state index contributed by atoms with van der Waals surface area (Å²) in [5, 5.41) is 12.1. The fourth-order valence-corrected chi connectivity index (χ4v) is 2.07. The number of benzene rings is 1. The lowest BCUT2D eigenvalue weighted by molar-refractivity contribution is 0.318. The Balaban J connectivity index is 3.22. The lowest BCUT2D eigenvalue weighted by atomic mass is 10.1. The van der Waals surface area contributed by atoms with Gasteiger partial charge < -0.3 is 20.6 Å². The van der Waals surface area contributed by atoms with Crippen LogP contribution in [0.25, 0.3) is 0 Å². The number of nitrogens with two attached hydrogens (primary N) is 1. The molecule has 0 saturated carbocycles. The normalized spacial score (nSPS) is 13.1. The molecule has 1 atom stereocenters. The molecule has 5 heteroatoms. The predicted octanol–water partition coefficient (Wildman–Crippen LogP) is 2.66. The van der Waals surface area contributed by atoms with E-state index in [4.69, 9.17) is 15.7 Å². The third kappa shape index (κ3) is 3.79. The van der Waals surface area contributed by atoms with Crippen LogP contribution in [0.15, 0.2) is 23.4 Å². The zero-order chi connectivity index (χ0) is 15.1. The van der Waals surface area contributed by atoms with Gasteiger partial charge in [0.05, 0.1) is 12.8 Å². The van der Waals surface area contributed by atoms with E-state index in [1.165, 1.54) is 0 Å². The second-order valence-electron chi connectivity index (χ2n) is 4.92. The Hall–Kier alpha value is -1.91. The highest BCUT2D eigenvalue weighted by Crippen LogP contribution is 2.27. The van der Waals surface area contributed by atoms with Crippen LogP contribution in [0, 0.1) is 5.92 Å². The average Bonchev–Trinajstić information content (AvgIpc) is 2.50. The Morgan fingerprint density at radius 2 is 2.15 bits per heavy atom. The quantitative estimate of drug-likeness (QED) is 0.348. The molecule has 0 heterocycles. The average molecular weight is 279 g/mol. The van der Waals surface area contributed by atoms with Gasteiger partial charge in [0.15, 0.2) is 5.84 Å². The Kier molecular flexibility index (Phi) is 6.15. The van der Waals surface area contributed by atoms with Crippen molar-refractivity contribution in [3.8, 4) is 5.75 Å². The van der Waals surface area contributed by atoms with Crippen molar-refractivity contribution in [1.82, 2.24) is 0 Å². The van der Waals surface area contributed by atoms with Gasteiger partial charge in [-0.05, 0) is 25.0 Å². The van der Waals surface area contributed by atoms with E-state index in [2.05, 4.69) is 30.8 Å². The van der Waals surface area contributed by atoms with Crippen LogP contribution in [-0.2, 0) is 0 Å². The number of ether oxygens (including phenoxy) is 1. The molecular formula is C15H25N3O2. The summed E-state index contributed by atoms with van der Waals surface area (Å²) in [6.45, 7) is 8.26. The van der Waals surface area contributed by atoms with Crippen LogP contribution < -0.4 is 15.4 Å².